The molecule has 1 aromatic carbocycles. The normalized spacial score (nSPS) is 26.9. The van der Waals surface area contributed by atoms with Gasteiger partial charge < -0.3 is 14.6 Å². The average Bonchev–Trinajstić information content (AvgIpc) is 2.76. The van der Waals surface area contributed by atoms with Gasteiger partial charge in [-0.05, 0) is 23.6 Å². The van der Waals surface area contributed by atoms with Crippen LogP contribution >= 0.6 is 0 Å². The maximum atomic E-state index is 11.8. The Hall–Kier alpha value is -1.99. The van der Waals surface area contributed by atoms with Gasteiger partial charge in [-0.2, -0.15) is 0 Å². The lowest BCUT2D eigenvalue weighted by Crippen LogP contribution is -2.62. The van der Waals surface area contributed by atoms with Crippen molar-refractivity contribution in [2.24, 2.45) is 0 Å². The number of rotatable bonds is 5. The van der Waals surface area contributed by atoms with Crippen LogP contribution in [-0.2, 0) is 16.9 Å². The summed E-state index contributed by atoms with van der Waals surface area (Å²) < 4.78 is 10.9. The van der Waals surface area contributed by atoms with E-state index in [9.17, 15) is 5.11 Å². The van der Waals surface area contributed by atoms with Gasteiger partial charge >= 0.3 is 0 Å². The molecule has 2 aromatic rings. The van der Waals surface area contributed by atoms with E-state index in [-0.39, 0.29) is 6.04 Å². The molecule has 2 fully saturated rings. The van der Waals surface area contributed by atoms with Crippen molar-refractivity contribution in [3.8, 4) is 5.75 Å². The number of likely N-dealkylation sites (tertiary alicyclic amines) is 1. The maximum Gasteiger partial charge on any atom is 0.137 e. The molecule has 4 rings (SSSR count). The summed E-state index contributed by atoms with van der Waals surface area (Å²) >= 11 is 0. The third-order valence-electron chi connectivity index (χ3n) is 5.96. The number of benzene rings is 1. The molecular weight excluding hydrogens is 354 g/mol. The number of hydrogen-bond donors (Lipinski definition) is 1. The van der Waals surface area contributed by atoms with Crippen LogP contribution in [0.25, 0.3) is 0 Å². The average molecular weight is 383 g/mol. The number of ether oxygens (including phenoxy) is 2. The van der Waals surface area contributed by atoms with Gasteiger partial charge in [-0.25, -0.2) is 0 Å². The highest BCUT2D eigenvalue weighted by atomic mass is 16.5. The summed E-state index contributed by atoms with van der Waals surface area (Å²) in [5, 5.41) is 11.8. The molecule has 1 N–H and O–H groups in total. The van der Waals surface area contributed by atoms with Gasteiger partial charge in [0.1, 0.15) is 11.4 Å². The number of aromatic nitrogens is 1. The summed E-state index contributed by atoms with van der Waals surface area (Å²) in [6, 6.07) is 12.2. The third kappa shape index (κ3) is 4.05. The molecule has 150 valence electrons. The van der Waals surface area contributed by atoms with E-state index in [1.165, 1.54) is 0 Å². The molecule has 3 heterocycles. The summed E-state index contributed by atoms with van der Waals surface area (Å²) in [5.74, 6) is 0.778. The van der Waals surface area contributed by atoms with Crippen LogP contribution < -0.4 is 4.74 Å². The van der Waals surface area contributed by atoms with Gasteiger partial charge in [-0.15, -0.1) is 0 Å². The van der Waals surface area contributed by atoms with E-state index in [1.54, 1.807) is 13.3 Å². The van der Waals surface area contributed by atoms with Gasteiger partial charge in [0.2, 0.25) is 0 Å². The Morgan fingerprint density at radius 1 is 1.18 bits per heavy atom. The summed E-state index contributed by atoms with van der Waals surface area (Å²) in [5.41, 5.74) is 1.29. The molecule has 0 saturated carbocycles. The standard InChI is InChI=1S/C22H29N3O3/c1-27-20-13-18(14-23-15-20)16-24-8-7-22(26,19-5-3-2-4-6-19)21(17-24)25-9-11-28-12-10-25/h2-6,13-15,21,26H,7-12,16-17H2,1H3/t21-,22+/m1/s1. The molecule has 0 amide bonds. The Labute approximate surface area is 166 Å². The summed E-state index contributed by atoms with van der Waals surface area (Å²) in [7, 11) is 1.66. The molecule has 0 bridgehead atoms. The Balaban J connectivity index is 1.56. The van der Waals surface area contributed by atoms with Crippen molar-refractivity contribution in [2.75, 3.05) is 46.5 Å². The highest BCUT2D eigenvalue weighted by Crippen LogP contribution is 2.36. The lowest BCUT2D eigenvalue weighted by Gasteiger charge is -2.50. The first-order valence-electron chi connectivity index (χ1n) is 9.99. The van der Waals surface area contributed by atoms with E-state index in [4.69, 9.17) is 9.47 Å². The van der Waals surface area contributed by atoms with Gasteiger partial charge in [-0.1, -0.05) is 30.3 Å². The van der Waals surface area contributed by atoms with Crippen LogP contribution in [-0.4, -0.2) is 72.4 Å². The monoisotopic (exact) mass is 383 g/mol. The number of hydrogen-bond acceptors (Lipinski definition) is 6. The molecule has 0 radical (unpaired) electrons. The Bertz CT molecular complexity index is 767. The number of methoxy groups -OCH3 is 1. The lowest BCUT2D eigenvalue weighted by molar-refractivity contribution is -0.119. The van der Waals surface area contributed by atoms with Crippen LogP contribution in [0.4, 0.5) is 0 Å². The molecule has 0 spiro atoms. The molecule has 6 nitrogen and oxygen atoms in total. The van der Waals surface area contributed by atoms with Gasteiger partial charge in [0.25, 0.3) is 0 Å². The highest BCUT2D eigenvalue weighted by molar-refractivity contribution is 5.27. The fourth-order valence-electron chi connectivity index (χ4n) is 4.42. The predicted molar refractivity (Wildman–Crippen MR) is 107 cm³/mol. The molecule has 2 atom stereocenters. The smallest absolute Gasteiger partial charge is 0.137 e. The van der Waals surface area contributed by atoms with Crippen molar-refractivity contribution < 1.29 is 14.6 Å². The molecule has 0 unspecified atom stereocenters. The molecule has 2 saturated heterocycles. The SMILES string of the molecule is COc1cncc(CN2CC[C@](O)(c3ccccc3)[C@H](N3CCOCC3)C2)c1. The van der Waals surface area contributed by atoms with Crippen molar-refractivity contribution in [3.63, 3.8) is 0 Å². The highest BCUT2D eigenvalue weighted by Gasteiger charge is 2.45. The van der Waals surface area contributed by atoms with Crippen LogP contribution in [0.5, 0.6) is 5.75 Å². The second-order valence-electron chi connectivity index (χ2n) is 7.67. The minimum atomic E-state index is -0.846. The second-order valence-corrected chi connectivity index (χ2v) is 7.67. The van der Waals surface area contributed by atoms with Gasteiger partial charge in [0.05, 0.1) is 32.6 Å². The number of nitrogens with zero attached hydrogens (tertiary/aromatic N) is 3. The minimum absolute atomic E-state index is 0.0334. The van der Waals surface area contributed by atoms with E-state index < -0.39 is 5.60 Å². The molecule has 1 aromatic heterocycles. The third-order valence-corrected chi connectivity index (χ3v) is 5.96. The zero-order valence-electron chi connectivity index (χ0n) is 16.5. The van der Waals surface area contributed by atoms with Gasteiger partial charge in [0, 0.05) is 38.9 Å². The van der Waals surface area contributed by atoms with Crippen molar-refractivity contribution in [3.05, 3.63) is 59.9 Å². The molecular formula is C22H29N3O3. The number of pyridine rings is 1. The number of piperidine rings is 1. The topological polar surface area (TPSA) is 58.1 Å². The van der Waals surface area contributed by atoms with E-state index in [0.717, 1.165) is 62.8 Å². The van der Waals surface area contributed by atoms with E-state index in [2.05, 4.69) is 26.9 Å². The van der Waals surface area contributed by atoms with Crippen molar-refractivity contribution in [2.45, 2.75) is 24.6 Å². The Morgan fingerprint density at radius 2 is 1.96 bits per heavy atom. The quantitative estimate of drug-likeness (QED) is 0.851. The van der Waals surface area contributed by atoms with Crippen molar-refractivity contribution in [1.82, 2.24) is 14.8 Å². The fourth-order valence-corrected chi connectivity index (χ4v) is 4.42. The minimum Gasteiger partial charge on any atom is -0.495 e. The lowest BCUT2D eigenvalue weighted by atomic mass is 9.79. The molecule has 6 heteroatoms. The number of morpholine rings is 1. The summed E-state index contributed by atoms with van der Waals surface area (Å²) in [6.07, 6.45) is 4.32. The zero-order chi connectivity index (χ0) is 19.4. The summed E-state index contributed by atoms with van der Waals surface area (Å²) in [6.45, 7) is 5.60. The van der Waals surface area contributed by atoms with Crippen LogP contribution in [0.1, 0.15) is 17.5 Å². The first kappa shape index (κ1) is 19.3. The van der Waals surface area contributed by atoms with Gasteiger partial charge in [0.15, 0.2) is 0 Å². The Kier molecular flexibility index (Phi) is 5.92. The van der Waals surface area contributed by atoms with E-state index >= 15 is 0 Å². The second kappa shape index (κ2) is 8.57. The van der Waals surface area contributed by atoms with Crippen LogP contribution in [0.2, 0.25) is 0 Å². The summed E-state index contributed by atoms with van der Waals surface area (Å²) in [4.78, 5) is 9.08. The predicted octanol–water partition coefficient (Wildman–Crippen LogP) is 1.88. The molecule has 0 aliphatic carbocycles. The van der Waals surface area contributed by atoms with Crippen LogP contribution in [0.15, 0.2) is 48.8 Å². The van der Waals surface area contributed by atoms with Gasteiger partial charge in [-0.3, -0.25) is 14.8 Å². The largest absolute Gasteiger partial charge is 0.495 e. The molecule has 28 heavy (non-hydrogen) atoms. The Morgan fingerprint density at radius 3 is 2.71 bits per heavy atom. The van der Waals surface area contributed by atoms with Crippen molar-refractivity contribution in [1.29, 1.82) is 0 Å². The maximum absolute atomic E-state index is 11.8. The fraction of sp³-hybridized carbons (Fsp3) is 0.500. The molecule has 2 aliphatic rings. The van der Waals surface area contributed by atoms with Crippen LogP contribution in [0.3, 0.4) is 0 Å². The van der Waals surface area contributed by atoms with E-state index in [1.807, 2.05) is 30.5 Å². The van der Waals surface area contributed by atoms with Crippen molar-refractivity contribution >= 4 is 0 Å². The first-order valence-corrected chi connectivity index (χ1v) is 9.99. The van der Waals surface area contributed by atoms with Crippen LogP contribution in [0, 0.1) is 0 Å². The zero-order valence-corrected chi connectivity index (χ0v) is 16.5. The first-order chi connectivity index (χ1) is 13.7. The molecule has 2 aliphatic heterocycles. The van der Waals surface area contributed by atoms with E-state index in [0.29, 0.717) is 6.42 Å². The number of aliphatic hydroxyl groups is 1.